The Morgan fingerprint density at radius 1 is 1.17 bits per heavy atom. The highest BCUT2D eigenvalue weighted by Crippen LogP contribution is 2.34. The number of methoxy groups -OCH3 is 3. The molecule has 1 fully saturated rings. The highest BCUT2D eigenvalue weighted by Gasteiger charge is 2.16. The predicted octanol–water partition coefficient (Wildman–Crippen LogP) is 1.96. The molecule has 0 aliphatic heterocycles. The summed E-state index contributed by atoms with van der Waals surface area (Å²) in [7, 11) is 4.90. The van der Waals surface area contributed by atoms with Crippen LogP contribution in [-0.2, 0) is 6.42 Å². The third-order valence-electron chi connectivity index (χ3n) is 4.24. The molecule has 0 aromatic heterocycles. The van der Waals surface area contributed by atoms with Crippen LogP contribution in [0.15, 0.2) is 17.1 Å². The third kappa shape index (κ3) is 4.68. The molecular formula is C17H27N3O3. The van der Waals surface area contributed by atoms with Gasteiger partial charge in [-0.05, 0) is 25.2 Å². The van der Waals surface area contributed by atoms with Crippen LogP contribution in [0, 0.1) is 5.92 Å². The largest absolute Gasteiger partial charge is 0.496 e. The summed E-state index contributed by atoms with van der Waals surface area (Å²) in [6.07, 6.45) is 4.59. The standard InChI is InChI=1S/C17H27N3O3/c1-21-13-9-15(22-2)14(16(10-13)23-3)7-8-19-17(18)20-11-12-5-4-6-12/h9-10,12H,4-8,11H2,1-3H3,(H3,18,19,20). The number of hydrogen-bond donors (Lipinski definition) is 2. The van der Waals surface area contributed by atoms with Gasteiger partial charge in [0, 0.05) is 30.8 Å². The van der Waals surface area contributed by atoms with Crippen molar-refractivity contribution in [1.29, 1.82) is 0 Å². The summed E-state index contributed by atoms with van der Waals surface area (Å²) >= 11 is 0. The van der Waals surface area contributed by atoms with E-state index in [4.69, 9.17) is 19.9 Å². The van der Waals surface area contributed by atoms with Crippen molar-refractivity contribution in [1.82, 2.24) is 5.32 Å². The molecule has 6 nitrogen and oxygen atoms in total. The van der Waals surface area contributed by atoms with E-state index < -0.39 is 0 Å². The van der Waals surface area contributed by atoms with Gasteiger partial charge in [-0.1, -0.05) is 6.42 Å². The molecule has 1 aromatic rings. The molecule has 3 N–H and O–H groups in total. The fourth-order valence-electron chi connectivity index (χ4n) is 2.60. The highest BCUT2D eigenvalue weighted by atomic mass is 16.5. The first kappa shape index (κ1) is 17.2. The Hall–Kier alpha value is -2.11. The van der Waals surface area contributed by atoms with E-state index in [0.29, 0.717) is 18.3 Å². The van der Waals surface area contributed by atoms with E-state index in [1.165, 1.54) is 19.3 Å². The summed E-state index contributed by atoms with van der Waals surface area (Å²) in [5.74, 6) is 3.42. The second kappa shape index (κ2) is 8.50. The van der Waals surface area contributed by atoms with E-state index in [1.807, 2.05) is 12.1 Å². The lowest BCUT2D eigenvalue weighted by Crippen LogP contribution is -2.34. The van der Waals surface area contributed by atoms with Gasteiger partial charge >= 0.3 is 0 Å². The van der Waals surface area contributed by atoms with Crippen molar-refractivity contribution < 1.29 is 14.2 Å². The molecular weight excluding hydrogens is 294 g/mol. The Labute approximate surface area is 138 Å². The number of nitrogens with two attached hydrogens (primary N) is 1. The van der Waals surface area contributed by atoms with Crippen molar-refractivity contribution in [3.8, 4) is 17.2 Å². The minimum absolute atomic E-state index is 0.503. The van der Waals surface area contributed by atoms with Crippen LogP contribution in [0.2, 0.25) is 0 Å². The van der Waals surface area contributed by atoms with Crippen LogP contribution in [0.5, 0.6) is 17.2 Å². The first-order valence-electron chi connectivity index (χ1n) is 8.00. The smallest absolute Gasteiger partial charge is 0.188 e. The van der Waals surface area contributed by atoms with Crippen molar-refractivity contribution in [2.45, 2.75) is 25.7 Å². The highest BCUT2D eigenvalue weighted by molar-refractivity contribution is 5.77. The van der Waals surface area contributed by atoms with E-state index in [2.05, 4.69) is 10.3 Å². The Kier molecular flexibility index (Phi) is 6.38. The number of benzene rings is 1. The zero-order valence-corrected chi connectivity index (χ0v) is 14.2. The number of ether oxygens (including phenoxy) is 3. The van der Waals surface area contributed by atoms with Gasteiger partial charge in [0.05, 0.1) is 21.3 Å². The maximum atomic E-state index is 5.91. The van der Waals surface area contributed by atoms with Gasteiger partial charge in [-0.25, -0.2) is 0 Å². The molecule has 0 atom stereocenters. The van der Waals surface area contributed by atoms with Crippen molar-refractivity contribution in [2.75, 3.05) is 34.4 Å². The van der Waals surface area contributed by atoms with Gasteiger partial charge in [-0.3, -0.25) is 4.99 Å². The van der Waals surface area contributed by atoms with Gasteiger partial charge in [0.2, 0.25) is 0 Å². The van der Waals surface area contributed by atoms with Crippen LogP contribution in [-0.4, -0.2) is 40.4 Å². The average Bonchev–Trinajstić information content (AvgIpc) is 2.53. The fraction of sp³-hybridized carbons (Fsp3) is 0.588. The molecule has 0 heterocycles. The number of nitrogens with one attached hydrogen (secondary N) is 1. The second-order valence-electron chi connectivity index (χ2n) is 5.71. The summed E-state index contributed by atoms with van der Waals surface area (Å²) < 4.78 is 16.1. The van der Waals surface area contributed by atoms with Gasteiger partial charge in [-0.2, -0.15) is 0 Å². The van der Waals surface area contributed by atoms with Crippen LogP contribution in [0.4, 0.5) is 0 Å². The number of guanidine groups is 1. The van der Waals surface area contributed by atoms with E-state index in [-0.39, 0.29) is 0 Å². The summed E-state index contributed by atoms with van der Waals surface area (Å²) in [4.78, 5) is 4.39. The van der Waals surface area contributed by atoms with Crippen molar-refractivity contribution in [2.24, 2.45) is 16.6 Å². The lowest BCUT2D eigenvalue weighted by molar-refractivity contribution is 0.326. The SMILES string of the molecule is COc1cc(OC)c(CCNC(N)=NCC2CCC2)c(OC)c1. The molecule has 6 heteroatoms. The number of aliphatic imine (C=N–C) groups is 1. The molecule has 1 aliphatic rings. The summed E-state index contributed by atoms with van der Waals surface area (Å²) in [6, 6.07) is 3.71. The van der Waals surface area contributed by atoms with E-state index in [1.54, 1.807) is 21.3 Å². The Morgan fingerprint density at radius 2 is 1.83 bits per heavy atom. The second-order valence-corrected chi connectivity index (χ2v) is 5.71. The topological polar surface area (TPSA) is 78.1 Å². The molecule has 23 heavy (non-hydrogen) atoms. The molecule has 2 rings (SSSR count). The summed E-state index contributed by atoms with van der Waals surface area (Å²) in [6.45, 7) is 1.49. The molecule has 128 valence electrons. The summed E-state index contributed by atoms with van der Waals surface area (Å²) in [5, 5.41) is 3.15. The van der Waals surface area contributed by atoms with Gasteiger partial charge in [-0.15, -0.1) is 0 Å². The van der Waals surface area contributed by atoms with Crippen molar-refractivity contribution in [3.05, 3.63) is 17.7 Å². The maximum Gasteiger partial charge on any atom is 0.188 e. The minimum atomic E-state index is 0.503. The molecule has 0 unspecified atom stereocenters. The molecule has 0 bridgehead atoms. The van der Waals surface area contributed by atoms with Crippen LogP contribution in [0.3, 0.4) is 0 Å². The molecule has 0 radical (unpaired) electrons. The zero-order valence-electron chi connectivity index (χ0n) is 14.2. The fourth-order valence-corrected chi connectivity index (χ4v) is 2.60. The molecule has 1 aromatic carbocycles. The van der Waals surface area contributed by atoms with Crippen LogP contribution in [0.1, 0.15) is 24.8 Å². The van der Waals surface area contributed by atoms with Gasteiger partial charge < -0.3 is 25.3 Å². The van der Waals surface area contributed by atoms with Crippen LogP contribution in [0.25, 0.3) is 0 Å². The van der Waals surface area contributed by atoms with E-state index >= 15 is 0 Å². The van der Waals surface area contributed by atoms with E-state index in [0.717, 1.165) is 35.9 Å². The molecule has 0 saturated heterocycles. The molecule has 0 amide bonds. The normalized spacial score (nSPS) is 15.0. The molecule has 0 spiro atoms. The predicted molar refractivity (Wildman–Crippen MR) is 91.6 cm³/mol. The van der Waals surface area contributed by atoms with Crippen molar-refractivity contribution in [3.63, 3.8) is 0 Å². The van der Waals surface area contributed by atoms with Gasteiger partial charge in [0.15, 0.2) is 5.96 Å². The Bertz CT molecular complexity index is 517. The quantitative estimate of drug-likeness (QED) is 0.565. The monoisotopic (exact) mass is 321 g/mol. The lowest BCUT2D eigenvalue weighted by atomic mass is 9.86. The lowest BCUT2D eigenvalue weighted by Gasteiger charge is -2.23. The average molecular weight is 321 g/mol. The Morgan fingerprint density at radius 3 is 2.30 bits per heavy atom. The first-order valence-corrected chi connectivity index (χ1v) is 8.00. The number of hydrogen-bond acceptors (Lipinski definition) is 4. The zero-order chi connectivity index (χ0) is 16.7. The van der Waals surface area contributed by atoms with E-state index in [9.17, 15) is 0 Å². The first-order chi connectivity index (χ1) is 11.2. The van der Waals surface area contributed by atoms with Gasteiger partial charge in [0.25, 0.3) is 0 Å². The van der Waals surface area contributed by atoms with Crippen molar-refractivity contribution >= 4 is 5.96 Å². The van der Waals surface area contributed by atoms with Crippen LogP contribution >= 0.6 is 0 Å². The summed E-state index contributed by atoms with van der Waals surface area (Å²) in [5.41, 5.74) is 6.89. The molecule has 1 saturated carbocycles. The van der Waals surface area contributed by atoms with Crippen LogP contribution < -0.4 is 25.3 Å². The minimum Gasteiger partial charge on any atom is -0.496 e. The van der Waals surface area contributed by atoms with Gasteiger partial charge in [0.1, 0.15) is 17.2 Å². The Balaban J connectivity index is 1.93. The number of nitrogens with zero attached hydrogens (tertiary/aromatic N) is 1. The maximum absolute atomic E-state index is 5.91. The number of rotatable bonds is 8. The molecule has 1 aliphatic carbocycles. The third-order valence-corrected chi connectivity index (χ3v) is 4.24.